The van der Waals surface area contributed by atoms with E-state index in [1.54, 1.807) is 36.4 Å². The molecular weight excluding hydrogens is 350 g/mol. The molecule has 1 N–H and O–H groups in total. The number of hydrogen-bond donors (Lipinski definition) is 1. The minimum Gasteiger partial charge on any atom is -0.492 e. The first-order valence-corrected chi connectivity index (χ1v) is 9.31. The Morgan fingerprint density at radius 2 is 1.69 bits per heavy atom. The number of imide groups is 1. The highest BCUT2D eigenvalue weighted by Crippen LogP contribution is 2.41. The molecule has 0 fully saturated rings. The van der Waals surface area contributed by atoms with Crippen molar-refractivity contribution in [2.24, 2.45) is 0 Å². The molecule has 0 spiro atoms. The van der Waals surface area contributed by atoms with Crippen LogP contribution in [0.15, 0.2) is 59.5 Å². The summed E-state index contributed by atoms with van der Waals surface area (Å²) < 4.78 is 5.59. The molecule has 134 valence electrons. The number of benzene rings is 2. The van der Waals surface area contributed by atoms with E-state index >= 15 is 0 Å². The van der Waals surface area contributed by atoms with Crippen molar-refractivity contribution in [3.05, 3.63) is 65.1 Å². The second kappa shape index (κ2) is 8.21. The summed E-state index contributed by atoms with van der Waals surface area (Å²) in [7, 11) is 0. The Labute approximate surface area is 156 Å². The molecule has 1 aliphatic heterocycles. The third-order valence-corrected chi connectivity index (χ3v) is 4.90. The van der Waals surface area contributed by atoms with Crippen LogP contribution >= 0.6 is 11.8 Å². The number of aliphatic hydroxyl groups excluding tert-OH is 1. The first-order chi connectivity index (χ1) is 12.7. The van der Waals surface area contributed by atoms with E-state index in [0.29, 0.717) is 39.8 Å². The Bertz CT molecular complexity index is 848. The molecule has 0 unspecified atom stereocenters. The fourth-order valence-corrected chi connectivity index (χ4v) is 3.65. The second-order valence-electron chi connectivity index (χ2n) is 5.49. The lowest BCUT2D eigenvalue weighted by molar-refractivity contribution is -0.119. The van der Waals surface area contributed by atoms with Gasteiger partial charge in [-0.05, 0) is 24.6 Å². The topological polar surface area (TPSA) is 66.8 Å². The number of rotatable bonds is 7. The van der Waals surface area contributed by atoms with Gasteiger partial charge in [0.15, 0.2) is 0 Å². The lowest BCUT2D eigenvalue weighted by Gasteiger charge is -2.18. The summed E-state index contributed by atoms with van der Waals surface area (Å²) in [5.41, 5.74) is 1.47. The summed E-state index contributed by atoms with van der Waals surface area (Å²) >= 11 is 1.19. The molecule has 2 aromatic rings. The van der Waals surface area contributed by atoms with Crippen molar-refractivity contribution in [2.45, 2.75) is 6.92 Å². The Morgan fingerprint density at radius 1 is 1.00 bits per heavy atom. The predicted octanol–water partition coefficient (Wildman–Crippen LogP) is 3.10. The zero-order valence-corrected chi connectivity index (χ0v) is 15.2. The summed E-state index contributed by atoms with van der Waals surface area (Å²) in [6.07, 6.45) is 0. The van der Waals surface area contributed by atoms with Crippen molar-refractivity contribution >= 4 is 34.8 Å². The number of nitrogens with zero attached hydrogens (tertiary/aromatic N) is 1. The summed E-state index contributed by atoms with van der Waals surface area (Å²) in [5, 5.41) is 9.16. The van der Waals surface area contributed by atoms with Gasteiger partial charge in [-0.15, -0.1) is 11.8 Å². The van der Waals surface area contributed by atoms with Crippen LogP contribution in [-0.2, 0) is 9.59 Å². The number of aliphatic hydroxyl groups is 1. The highest BCUT2D eigenvalue weighted by atomic mass is 32.2. The normalized spacial score (nSPS) is 14.3. The minimum atomic E-state index is -0.389. The van der Waals surface area contributed by atoms with E-state index in [2.05, 4.69) is 0 Å². The Kier molecular flexibility index (Phi) is 5.75. The molecule has 5 nitrogen and oxygen atoms in total. The lowest BCUT2D eigenvalue weighted by Crippen LogP contribution is -2.31. The summed E-state index contributed by atoms with van der Waals surface area (Å²) in [6, 6.07) is 16.1. The average molecular weight is 369 g/mol. The molecule has 26 heavy (non-hydrogen) atoms. The number of carbonyl (C=O) groups is 2. The van der Waals surface area contributed by atoms with E-state index in [1.807, 2.05) is 25.1 Å². The maximum atomic E-state index is 13.2. The van der Waals surface area contributed by atoms with Gasteiger partial charge in [0.05, 0.1) is 29.4 Å². The van der Waals surface area contributed by atoms with Gasteiger partial charge in [0.1, 0.15) is 5.75 Å². The summed E-state index contributed by atoms with van der Waals surface area (Å²) in [5.74, 6) is 0.0526. The standard InChI is InChI=1S/C20H19NO4S/c1-2-25-16-11-7-6-10-15(16)21-19(23)17(14-8-4-3-5-9-14)18(20(21)24)26-13-12-22/h3-11,22H,2,12-13H2,1H3. The van der Waals surface area contributed by atoms with E-state index in [1.165, 1.54) is 11.8 Å². The zero-order valence-electron chi connectivity index (χ0n) is 14.3. The van der Waals surface area contributed by atoms with Crippen LogP contribution in [-0.4, -0.2) is 35.9 Å². The zero-order chi connectivity index (χ0) is 18.5. The molecule has 0 aromatic heterocycles. The van der Waals surface area contributed by atoms with E-state index in [9.17, 15) is 9.59 Å². The first-order valence-electron chi connectivity index (χ1n) is 8.33. The van der Waals surface area contributed by atoms with Gasteiger partial charge in [0, 0.05) is 5.75 Å². The molecule has 2 amide bonds. The maximum absolute atomic E-state index is 13.2. The van der Waals surface area contributed by atoms with Gasteiger partial charge in [-0.2, -0.15) is 0 Å². The molecule has 0 radical (unpaired) electrons. The van der Waals surface area contributed by atoms with Crippen LogP contribution in [0.4, 0.5) is 5.69 Å². The molecule has 0 saturated carbocycles. The third-order valence-electron chi connectivity index (χ3n) is 3.85. The van der Waals surface area contributed by atoms with Crippen molar-refractivity contribution < 1.29 is 19.4 Å². The highest BCUT2D eigenvalue weighted by Gasteiger charge is 2.41. The Morgan fingerprint density at radius 3 is 2.38 bits per heavy atom. The molecule has 0 atom stereocenters. The summed E-state index contributed by atoms with van der Waals surface area (Å²) in [4.78, 5) is 27.7. The van der Waals surface area contributed by atoms with Gasteiger partial charge in [0.25, 0.3) is 11.8 Å². The van der Waals surface area contributed by atoms with Gasteiger partial charge in [-0.1, -0.05) is 42.5 Å². The fraction of sp³-hybridized carbons (Fsp3) is 0.200. The Balaban J connectivity index is 2.07. The van der Waals surface area contributed by atoms with Crippen molar-refractivity contribution in [1.82, 2.24) is 0 Å². The van der Waals surface area contributed by atoms with E-state index in [4.69, 9.17) is 9.84 Å². The third kappa shape index (κ3) is 3.38. The van der Waals surface area contributed by atoms with Gasteiger partial charge >= 0.3 is 0 Å². The summed E-state index contributed by atoms with van der Waals surface area (Å²) in [6.45, 7) is 2.20. The van der Waals surface area contributed by atoms with E-state index < -0.39 is 0 Å². The number of thioether (sulfide) groups is 1. The van der Waals surface area contributed by atoms with Gasteiger partial charge in [-0.3, -0.25) is 9.59 Å². The predicted molar refractivity (Wildman–Crippen MR) is 103 cm³/mol. The smallest absolute Gasteiger partial charge is 0.272 e. The second-order valence-corrected chi connectivity index (χ2v) is 6.59. The molecule has 6 heteroatoms. The van der Waals surface area contributed by atoms with Crippen molar-refractivity contribution in [2.75, 3.05) is 23.9 Å². The number of anilines is 1. The lowest BCUT2D eigenvalue weighted by atomic mass is 10.1. The number of amides is 2. The Hall–Kier alpha value is -2.57. The molecular formula is C20H19NO4S. The molecule has 1 aliphatic rings. The molecule has 0 bridgehead atoms. The van der Waals surface area contributed by atoms with Crippen molar-refractivity contribution in [1.29, 1.82) is 0 Å². The molecule has 0 aliphatic carbocycles. The fourth-order valence-electron chi connectivity index (χ4n) is 2.79. The number of carbonyl (C=O) groups excluding carboxylic acids is 2. The molecule has 2 aromatic carbocycles. The average Bonchev–Trinajstić information content (AvgIpc) is 2.91. The van der Waals surface area contributed by atoms with Crippen molar-refractivity contribution in [3.8, 4) is 5.75 Å². The van der Waals surface area contributed by atoms with Crippen LogP contribution < -0.4 is 9.64 Å². The van der Waals surface area contributed by atoms with Crippen molar-refractivity contribution in [3.63, 3.8) is 0 Å². The first kappa shape index (κ1) is 18.2. The van der Waals surface area contributed by atoms with Gasteiger partial charge in [0.2, 0.25) is 0 Å². The number of para-hydroxylation sites is 2. The van der Waals surface area contributed by atoms with Gasteiger partial charge in [-0.25, -0.2) is 4.90 Å². The SMILES string of the molecule is CCOc1ccccc1N1C(=O)C(SCCO)=C(c2ccccc2)C1=O. The monoisotopic (exact) mass is 369 g/mol. The number of hydrogen-bond acceptors (Lipinski definition) is 5. The van der Waals surface area contributed by atoms with Gasteiger partial charge < -0.3 is 9.84 Å². The molecule has 1 heterocycles. The van der Waals surface area contributed by atoms with Crippen LogP contribution in [0.2, 0.25) is 0 Å². The van der Waals surface area contributed by atoms with E-state index in [-0.39, 0.29) is 18.4 Å². The quantitative estimate of drug-likeness (QED) is 0.760. The van der Waals surface area contributed by atoms with Crippen LogP contribution in [0.25, 0.3) is 5.57 Å². The minimum absolute atomic E-state index is 0.0762. The van der Waals surface area contributed by atoms with Crippen LogP contribution in [0.5, 0.6) is 5.75 Å². The largest absolute Gasteiger partial charge is 0.492 e. The molecule has 3 rings (SSSR count). The van der Waals surface area contributed by atoms with Crippen LogP contribution in [0.1, 0.15) is 12.5 Å². The van der Waals surface area contributed by atoms with E-state index in [0.717, 1.165) is 4.90 Å². The number of ether oxygens (including phenoxy) is 1. The highest BCUT2D eigenvalue weighted by molar-refractivity contribution is 8.04. The molecule has 0 saturated heterocycles. The maximum Gasteiger partial charge on any atom is 0.272 e. The van der Waals surface area contributed by atoms with Crippen LogP contribution in [0.3, 0.4) is 0 Å². The van der Waals surface area contributed by atoms with Crippen LogP contribution in [0, 0.1) is 0 Å².